The van der Waals surface area contributed by atoms with Gasteiger partial charge in [0, 0.05) is 5.56 Å². The van der Waals surface area contributed by atoms with E-state index in [0.717, 1.165) is 6.07 Å². The van der Waals surface area contributed by atoms with Crippen LogP contribution in [0, 0.1) is 0 Å². The van der Waals surface area contributed by atoms with Crippen LogP contribution in [-0.4, -0.2) is 12.6 Å². The van der Waals surface area contributed by atoms with Crippen molar-refractivity contribution >= 4 is 5.78 Å². The molecule has 0 amide bonds. The van der Waals surface area contributed by atoms with E-state index in [0.29, 0.717) is 0 Å². The molecule has 1 aliphatic rings. The van der Waals surface area contributed by atoms with Crippen LogP contribution in [0.25, 0.3) is 0 Å². The molecule has 3 nitrogen and oxygen atoms in total. The van der Waals surface area contributed by atoms with E-state index in [9.17, 15) is 13.6 Å². The summed E-state index contributed by atoms with van der Waals surface area (Å²) in [5, 5.41) is 0. The van der Waals surface area contributed by atoms with Crippen LogP contribution in [0.4, 0.5) is 8.78 Å². The lowest BCUT2D eigenvalue weighted by molar-refractivity contribution is 0.101. The molecule has 0 saturated carbocycles. The van der Waals surface area contributed by atoms with Crippen molar-refractivity contribution in [2.75, 3.05) is 6.79 Å². The van der Waals surface area contributed by atoms with E-state index in [1.807, 2.05) is 0 Å². The van der Waals surface area contributed by atoms with Crippen LogP contribution >= 0.6 is 0 Å². The topological polar surface area (TPSA) is 35.5 Å². The van der Waals surface area contributed by atoms with Crippen LogP contribution in [-0.2, 0) is 0 Å². The summed E-state index contributed by atoms with van der Waals surface area (Å²) >= 11 is 0. The lowest BCUT2D eigenvalue weighted by Crippen LogP contribution is -1.98. The maximum atomic E-state index is 12.5. The molecule has 0 radical (unpaired) electrons. The Kier molecular flexibility index (Phi) is 2.30. The number of carbonyl (C=O) groups is 1. The van der Waals surface area contributed by atoms with E-state index in [2.05, 4.69) is 0 Å². The average molecular weight is 214 g/mol. The number of fused-ring (bicyclic) bond motifs is 1. The Labute approximate surface area is 84.6 Å². The van der Waals surface area contributed by atoms with Gasteiger partial charge in [0.2, 0.25) is 6.79 Å². The predicted molar refractivity (Wildman–Crippen MR) is 47.5 cm³/mol. The van der Waals surface area contributed by atoms with Crippen molar-refractivity contribution in [1.82, 2.24) is 0 Å². The number of halogens is 2. The Balaban J connectivity index is 2.57. The molecule has 0 spiro atoms. The van der Waals surface area contributed by atoms with Crippen molar-refractivity contribution in [3.63, 3.8) is 0 Å². The second-order valence-corrected chi connectivity index (χ2v) is 3.16. The standard InChI is InChI=1S/C10H8F2O3/c1-5(13)7-2-6(10(11)12)3-8-9(7)15-4-14-8/h2-3,10H,4H2,1H3. The predicted octanol–water partition coefficient (Wildman–Crippen LogP) is 2.56. The summed E-state index contributed by atoms with van der Waals surface area (Å²) in [4.78, 5) is 11.2. The number of ketones is 1. The molecule has 0 unspecified atom stereocenters. The second-order valence-electron chi connectivity index (χ2n) is 3.16. The second kappa shape index (κ2) is 3.49. The van der Waals surface area contributed by atoms with Gasteiger partial charge in [0.25, 0.3) is 6.43 Å². The van der Waals surface area contributed by atoms with Crippen LogP contribution in [0.5, 0.6) is 11.5 Å². The summed E-state index contributed by atoms with van der Waals surface area (Å²) in [6.45, 7) is 1.26. The summed E-state index contributed by atoms with van der Waals surface area (Å²) < 4.78 is 35.0. The minimum Gasteiger partial charge on any atom is -0.454 e. The lowest BCUT2D eigenvalue weighted by atomic mass is 10.1. The van der Waals surface area contributed by atoms with Gasteiger partial charge in [0.1, 0.15) is 0 Å². The third-order valence-corrected chi connectivity index (χ3v) is 2.13. The van der Waals surface area contributed by atoms with Gasteiger partial charge in [-0.25, -0.2) is 8.78 Å². The molecular formula is C10H8F2O3. The molecule has 0 bridgehead atoms. The van der Waals surface area contributed by atoms with E-state index in [4.69, 9.17) is 9.47 Å². The summed E-state index contributed by atoms with van der Waals surface area (Å²) in [6.07, 6.45) is -2.63. The highest BCUT2D eigenvalue weighted by Gasteiger charge is 2.23. The smallest absolute Gasteiger partial charge is 0.264 e. The van der Waals surface area contributed by atoms with Gasteiger partial charge in [-0.15, -0.1) is 0 Å². The molecule has 1 heterocycles. The molecule has 15 heavy (non-hydrogen) atoms. The Morgan fingerprint density at radius 3 is 2.73 bits per heavy atom. The van der Waals surface area contributed by atoms with Crippen LogP contribution in [0.3, 0.4) is 0 Å². The highest BCUT2D eigenvalue weighted by Crippen LogP contribution is 2.39. The number of ether oxygens (including phenoxy) is 2. The van der Waals surface area contributed by atoms with Gasteiger partial charge in [-0.05, 0) is 19.1 Å². The molecule has 1 aromatic rings. The van der Waals surface area contributed by atoms with Gasteiger partial charge < -0.3 is 9.47 Å². The first-order valence-electron chi connectivity index (χ1n) is 4.32. The summed E-state index contributed by atoms with van der Waals surface area (Å²) in [7, 11) is 0. The highest BCUT2D eigenvalue weighted by molar-refractivity contribution is 5.98. The van der Waals surface area contributed by atoms with Gasteiger partial charge in [0.15, 0.2) is 17.3 Å². The van der Waals surface area contributed by atoms with Gasteiger partial charge in [0.05, 0.1) is 5.56 Å². The Morgan fingerprint density at radius 2 is 2.13 bits per heavy atom. The molecule has 2 rings (SSSR count). The molecule has 0 N–H and O–H groups in total. The fraction of sp³-hybridized carbons (Fsp3) is 0.300. The molecule has 1 aliphatic heterocycles. The zero-order chi connectivity index (χ0) is 11.0. The minimum absolute atomic E-state index is 0.0394. The SMILES string of the molecule is CC(=O)c1cc(C(F)F)cc2c1OCO2. The van der Waals surface area contributed by atoms with Crippen LogP contribution in [0.1, 0.15) is 29.3 Å². The van der Waals surface area contributed by atoms with E-state index in [-0.39, 0.29) is 35.2 Å². The van der Waals surface area contributed by atoms with E-state index in [1.54, 1.807) is 0 Å². The molecular weight excluding hydrogens is 206 g/mol. The molecule has 0 aliphatic carbocycles. The van der Waals surface area contributed by atoms with Crippen LogP contribution < -0.4 is 9.47 Å². The normalized spacial score (nSPS) is 13.3. The fourth-order valence-corrected chi connectivity index (χ4v) is 1.42. The van der Waals surface area contributed by atoms with E-state index >= 15 is 0 Å². The number of carbonyl (C=O) groups excluding carboxylic acids is 1. The Hall–Kier alpha value is -1.65. The number of benzene rings is 1. The van der Waals surface area contributed by atoms with Crippen molar-refractivity contribution < 1.29 is 23.0 Å². The Morgan fingerprint density at radius 1 is 1.40 bits per heavy atom. The zero-order valence-corrected chi connectivity index (χ0v) is 7.92. The third kappa shape index (κ3) is 1.65. The monoisotopic (exact) mass is 214 g/mol. The van der Waals surface area contributed by atoms with Gasteiger partial charge in [-0.2, -0.15) is 0 Å². The van der Waals surface area contributed by atoms with Crippen molar-refractivity contribution in [3.05, 3.63) is 23.3 Å². The largest absolute Gasteiger partial charge is 0.454 e. The summed E-state index contributed by atoms with van der Waals surface area (Å²) in [5.41, 5.74) is -0.0928. The molecule has 1 aromatic carbocycles. The number of hydrogen-bond donors (Lipinski definition) is 0. The van der Waals surface area contributed by atoms with E-state index in [1.165, 1.54) is 13.0 Å². The molecule has 0 aromatic heterocycles. The molecule has 5 heteroatoms. The van der Waals surface area contributed by atoms with Crippen LogP contribution in [0.2, 0.25) is 0 Å². The van der Waals surface area contributed by atoms with Crippen molar-refractivity contribution in [2.45, 2.75) is 13.3 Å². The zero-order valence-electron chi connectivity index (χ0n) is 7.92. The molecule has 0 fully saturated rings. The van der Waals surface area contributed by atoms with Gasteiger partial charge in [-0.3, -0.25) is 4.79 Å². The lowest BCUT2D eigenvalue weighted by Gasteiger charge is -2.06. The van der Waals surface area contributed by atoms with Crippen molar-refractivity contribution in [1.29, 1.82) is 0 Å². The first-order valence-corrected chi connectivity index (χ1v) is 4.32. The van der Waals surface area contributed by atoms with Gasteiger partial charge >= 0.3 is 0 Å². The molecule has 80 valence electrons. The first kappa shape index (κ1) is 9.89. The fourth-order valence-electron chi connectivity index (χ4n) is 1.42. The number of Topliss-reactive ketones (excluding diaryl/α,β-unsaturated/α-hetero) is 1. The quantitative estimate of drug-likeness (QED) is 0.709. The molecule has 0 atom stereocenters. The highest BCUT2D eigenvalue weighted by atomic mass is 19.3. The maximum Gasteiger partial charge on any atom is 0.264 e. The number of hydrogen-bond acceptors (Lipinski definition) is 3. The minimum atomic E-state index is -2.63. The summed E-state index contributed by atoms with van der Waals surface area (Å²) in [6, 6.07) is 2.33. The third-order valence-electron chi connectivity index (χ3n) is 2.13. The Bertz CT molecular complexity index is 415. The average Bonchev–Trinajstić information content (AvgIpc) is 2.62. The summed E-state index contributed by atoms with van der Waals surface area (Å²) in [5.74, 6) is 0.143. The van der Waals surface area contributed by atoms with E-state index < -0.39 is 6.43 Å². The number of alkyl halides is 2. The van der Waals surface area contributed by atoms with Crippen molar-refractivity contribution in [2.24, 2.45) is 0 Å². The number of rotatable bonds is 2. The first-order chi connectivity index (χ1) is 7.09. The maximum absolute atomic E-state index is 12.5. The van der Waals surface area contributed by atoms with Crippen molar-refractivity contribution in [3.8, 4) is 11.5 Å². The van der Waals surface area contributed by atoms with Crippen LogP contribution in [0.15, 0.2) is 12.1 Å². The molecule has 0 saturated heterocycles. The van der Waals surface area contributed by atoms with Gasteiger partial charge in [-0.1, -0.05) is 0 Å².